The minimum Gasteiger partial charge on any atom is -0.497 e. The highest BCUT2D eigenvalue weighted by Gasteiger charge is 2.26. The van der Waals surface area contributed by atoms with Crippen molar-refractivity contribution in [3.8, 4) is 5.75 Å². The molecule has 2 heterocycles. The molecule has 1 saturated heterocycles. The molecule has 1 aromatic heterocycles. The highest BCUT2D eigenvalue weighted by Crippen LogP contribution is 2.25. The number of carbonyl (C=O) groups is 2. The maximum atomic E-state index is 12.9. The fourth-order valence-electron chi connectivity index (χ4n) is 3.99. The molecule has 6 heteroatoms. The molecule has 0 atom stereocenters. The van der Waals surface area contributed by atoms with Gasteiger partial charge < -0.3 is 19.9 Å². The van der Waals surface area contributed by atoms with Gasteiger partial charge in [0, 0.05) is 43.0 Å². The monoisotopic (exact) mass is 405 g/mol. The number of aromatic amines is 1. The molecular formula is C24H27N3O3. The molecule has 6 nitrogen and oxygen atoms in total. The van der Waals surface area contributed by atoms with Gasteiger partial charge in [-0.3, -0.25) is 9.59 Å². The van der Waals surface area contributed by atoms with Gasteiger partial charge in [0.05, 0.1) is 7.11 Å². The van der Waals surface area contributed by atoms with E-state index < -0.39 is 0 Å². The van der Waals surface area contributed by atoms with Crippen molar-refractivity contribution in [2.75, 3.05) is 20.2 Å². The Morgan fingerprint density at radius 1 is 1.10 bits per heavy atom. The number of nitrogens with zero attached hydrogens (tertiary/aromatic N) is 1. The lowest BCUT2D eigenvalue weighted by Gasteiger charge is -2.31. The molecule has 0 bridgehead atoms. The summed E-state index contributed by atoms with van der Waals surface area (Å²) in [6.45, 7) is 1.91. The molecular weight excluding hydrogens is 378 g/mol. The van der Waals surface area contributed by atoms with Crippen LogP contribution in [0.25, 0.3) is 10.9 Å². The molecule has 2 amide bonds. The number of amides is 2. The molecule has 3 aromatic rings. The minimum absolute atomic E-state index is 0.0112. The smallest absolute Gasteiger partial charge is 0.270 e. The molecule has 0 unspecified atom stereocenters. The summed E-state index contributed by atoms with van der Waals surface area (Å²) >= 11 is 0. The fourth-order valence-corrected chi connectivity index (χ4v) is 3.99. The molecule has 2 N–H and O–H groups in total. The van der Waals surface area contributed by atoms with E-state index in [4.69, 9.17) is 4.74 Å². The Balaban J connectivity index is 1.27. The maximum absolute atomic E-state index is 12.9. The van der Waals surface area contributed by atoms with Crippen LogP contribution < -0.4 is 10.1 Å². The van der Waals surface area contributed by atoms with E-state index in [0.717, 1.165) is 35.1 Å². The van der Waals surface area contributed by atoms with Crippen LogP contribution in [0, 0.1) is 5.92 Å². The van der Waals surface area contributed by atoms with Gasteiger partial charge in [-0.2, -0.15) is 0 Å². The number of hydrogen-bond acceptors (Lipinski definition) is 3. The van der Waals surface area contributed by atoms with E-state index in [1.165, 1.54) is 0 Å². The first-order chi connectivity index (χ1) is 14.6. The van der Waals surface area contributed by atoms with Crippen LogP contribution in [0.2, 0.25) is 0 Å². The number of nitrogens with one attached hydrogen (secondary N) is 2. The molecule has 30 heavy (non-hydrogen) atoms. The van der Waals surface area contributed by atoms with E-state index in [1.54, 1.807) is 7.11 Å². The van der Waals surface area contributed by atoms with Crippen LogP contribution in [0.15, 0.2) is 54.6 Å². The second kappa shape index (κ2) is 9.03. The number of methoxy groups -OCH3 is 1. The van der Waals surface area contributed by atoms with Gasteiger partial charge in [0.2, 0.25) is 5.91 Å². The first-order valence-electron chi connectivity index (χ1n) is 10.4. The van der Waals surface area contributed by atoms with E-state index in [-0.39, 0.29) is 11.8 Å². The number of carbonyl (C=O) groups excluding carboxylic acids is 2. The van der Waals surface area contributed by atoms with Crippen molar-refractivity contribution in [3.05, 3.63) is 65.9 Å². The molecule has 4 rings (SSSR count). The second-order valence-electron chi connectivity index (χ2n) is 7.84. The zero-order valence-electron chi connectivity index (χ0n) is 17.2. The Hall–Kier alpha value is -3.28. The Morgan fingerprint density at radius 2 is 1.87 bits per heavy atom. The standard InChI is InChI=1S/C24H27N3O3/c1-30-20-8-7-19-14-22(26-21(19)15-20)24(29)27-11-9-17(10-12-27)13-23(28)25-16-18-5-3-2-4-6-18/h2-8,14-15,17,26H,9-13,16H2,1H3,(H,25,28). The molecule has 2 aromatic carbocycles. The number of H-pyrrole nitrogens is 1. The SMILES string of the molecule is COc1ccc2cc(C(=O)N3CCC(CC(=O)NCc4ccccc4)CC3)[nH]c2c1. The third-order valence-corrected chi connectivity index (χ3v) is 5.77. The van der Waals surface area contributed by atoms with Crippen LogP contribution in [-0.2, 0) is 11.3 Å². The average molecular weight is 405 g/mol. The van der Waals surface area contributed by atoms with Crippen LogP contribution in [0.5, 0.6) is 5.75 Å². The second-order valence-corrected chi connectivity index (χ2v) is 7.84. The molecule has 0 spiro atoms. The van der Waals surface area contributed by atoms with Crippen molar-refractivity contribution in [1.29, 1.82) is 0 Å². The van der Waals surface area contributed by atoms with Gasteiger partial charge in [-0.15, -0.1) is 0 Å². The number of piperidine rings is 1. The largest absolute Gasteiger partial charge is 0.497 e. The molecule has 0 radical (unpaired) electrons. The van der Waals surface area contributed by atoms with Gasteiger partial charge in [0.15, 0.2) is 0 Å². The fraction of sp³-hybridized carbons (Fsp3) is 0.333. The van der Waals surface area contributed by atoms with Gasteiger partial charge >= 0.3 is 0 Å². The molecule has 0 aliphatic carbocycles. The first kappa shape index (κ1) is 20.0. The summed E-state index contributed by atoms with van der Waals surface area (Å²) in [5.41, 5.74) is 2.59. The number of benzene rings is 2. The number of rotatable bonds is 6. The Labute approximate surface area is 176 Å². The van der Waals surface area contributed by atoms with Crippen molar-refractivity contribution in [2.45, 2.75) is 25.8 Å². The zero-order valence-corrected chi connectivity index (χ0v) is 17.2. The summed E-state index contributed by atoms with van der Waals surface area (Å²) in [7, 11) is 1.63. The van der Waals surface area contributed by atoms with E-state index in [9.17, 15) is 9.59 Å². The third-order valence-electron chi connectivity index (χ3n) is 5.77. The highest BCUT2D eigenvalue weighted by atomic mass is 16.5. The van der Waals surface area contributed by atoms with E-state index in [0.29, 0.717) is 37.7 Å². The molecule has 156 valence electrons. The topological polar surface area (TPSA) is 74.4 Å². The number of fused-ring (bicyclic) bond motifs is 1. The van der Waals surface area contributed by atoms with Crippen molar-refractivity contribution < 1.29 is 14.3 Å². The number of ether oxygens (including phenoxy) is 1. The molecule has 1 aliphatic rings. The minimum atomic E-state index is 0.0112. The Kier molecular flexibility index (Phi) is 6.02. The lowest BCUT2D eigenvalue weighted by molar-refractivity contribution is -0.122. The number of likely N-dealkylation sites (tertiary alicyclic amines) is 1. The summed E-state index contributed by atoms with van der Waals surface area (Å²) in [5, 5.41) is 3.99. The van der Waals surface area contributed by atoms with Crippen molar-refractivity contribution in [1.82, 2.24) is 15.2 Å². The van der Waals surface area contributed by atoms with E-state index >= 15 is 0 Å². The van der Waals surface area contributed by atoms with Crippen LogP contribution in [0.4, 0.5) is 0 Å². The van der Waals surface area contributed by atoms with Gasteiger partial charge in [0.25, 0.3) is 5.91 Å². The normalized spacial score (nSPS) is 14.6. The third kappa shape index (κ3) is 4.64. The van der Waals surface area contributed by atoms with E-state index in [1.807, 2.05) is 59.5 Å². The van der Waals surface area contributed by atoms with Gasteiger partial charge in [0.1, 0.15) is 11.4 Å². The van der Waals surface area contributed by atoms with Crippen molar-refractivity contribution in [2.24, 2.45) is 5.92 Å². The van der Waals surface area contributed by atoms with Crippen molar-refractivity contribution in [3.63, 3.8) is 0 Å². The van der Waals surface area contributed by atoms with Gasteiger partial charge in [-0.25, -0.2) is 0 Å². The Bertz CT molecular complexity index is 1020. The molecule has 1 aliphatic heterocycles. The summed E-state index contributed by atoms with van der Waals surface area (Å²) < 4.78 is 5.25. The predicted molar refractivity (Wildman–Crippen MR) is 116 cm³/mol. The lowest BCUT2D eigenvalue weighted by atomic mass is 9.93. The van der Waals surface area contributed by atoms with Crippen LogP contribution in [-0.4, -0.2) is 41.9 Å². The zero-order chi connectivity index (χ0) is 20.9. The Morgan fingerprint density at radius 3 is 2.60 bits per heavy atom. The summed E-state index contributed by atoms with van der Waals surface area (Å²) in [5.74, 6) is 1.16. The van der Waals surface area contributed by atoms with Gasteiger partial charge in [-0.1, -0.05) is 30.3 Å². The maximum Gasteiger partial charge on any atom is 0.270 e. The number of hydrogen-bond donors (Lipinski definition) is 2. The highest BCUT2D eigenvalue weighted by molar-refractivity contribution is 5.98. The summed E-state index contributed by atoms with van der Waals surface area (Å²) in [6, 6.07) is 17.5. The first-order valence-corrected chi connectivity index (χ1v) is 10.4. The summed E-state index contributed by atoms with van der Waals surface area (Å²) in [4.78, 5) is 30.2. The van der Waals surface area contributed by atoms with Crippen LogP contribution in [0.1, 0.15) is 35.3 Å². The van der Waals surface area contributed by atoms with Gasteiger partial charge in [-0.05, 0) is 42.5 Å². The lowest BCUT2D eigenvalue weighted by Crippen LogP contribution is -2.39. The molecule has 1 fully saturated rings. The quantitative estimate of drug-likeness (QED) is 0.656. The summed E-state index contributed by atoms with van der Waals surface area (Å²) in [6.07, 6.45) is 2.21. The number of aromatic nitrogens is 1. The molecule has 0 saturated carbocycles. The van der Waals surface area contributed by atoms with E-state index in [2.05, 4.69) is 10.3 Å². The van der Waals surface area contributed by atoms with Crippen LogP contribution in [0.3, 0.4) is 0 Å². The van der Waals surface area contributed by atoms with Crippen LogP contribution >= 0.6 is 0 Å². The average Bonchev–Trinajstić information content (AvgIpc) is 3.22. The van der Waals surface area contributed by atoms with Crippen molar-refractivity contribution >= 4 is 22.7 Å². The predicted octanol–water partition coefficient (Wildman–Crippen LogP) is 3.74.